The molecule has 0 N–H and O–H groups in total. The first-order valence-electron chi connectivity index (χ1n) is 8.79. The molecular formula is C22H19N3O4S. The zero-order chi connectivity index (χ0) is 21.6. The average molecular weight is 421 g/mol. The number of hydrogen-bond donors (Lipinski definition) is 0. The highest BCUT2D eigenvalue weighted by molar-refractivity contribution is 7.93. The zero-order valence-electron chi connectivity index (χ0n) is 16.7. The third kappa shape index (κ3) is 5.01. The topological polar surface area (TPSA) is 90.7 Å². The van der Waals surface area contributed by atoms with E-state index in [1.807, 2.05) is 6.07 Å². The number of nitrogens with zero attached hydrogens (tertiary/aromatic N) is 3. The van der Waals surface area contributed by atoms with Crippen LogP contribution in [0.15, 0.2) is 70.3 Å². The van der Waals surface area contributed by atoms with Gasteiger partial charge >= 0.3 is 0 Å². The van der Waals surface area contributed by atoms with Crippen molar-refractivity contribution in [1.29, 1.82) is 0 Å². The summed E-state index contributed by atoms with van der Waals surface area (Å²) >= 11 is 0. The molecule has 1 aromatic carbocycles. The number of methoxy groups -OCH3 is 2. The summed E-state index contributed by atoms with van der Waals surface area (Å²) in [4.78, 5) is 21.2. The van der Waals surface area contributed by atoms with Gasteiger partial charge < -0.3 is 9.47 Å². The fourth-order valence-corrected chi connectivity index (χ4v) is 3.69. The van der Waals surface area contributed by atoms with Gasteiger partial charge in [0.25, 0.3) is 5.91 Å². The zero-order valence-corrected chi connectivity index (χ0v) is 17.5. The number of aromatic nitrogens is 2. The van der Waals surface area contributed by atoms with E-state index in [1.165, 1.54) is 32.9 Å². The van der Waals surface area contributed by atoms with Crippen LogP contribution in [0.3, 0.4) is 0 Å². The molecule has 0 spiro atoms. The molecule has 0 saturated carbocycles. The lowest BCUT2D eigenvalue weighted by atomic mass is 10.2. The van der Waals surface area contributed by atoms with E-state index in [9.17, 15) is 9.00 Å². The van der Waals surface area contributed by atoms with E-state index in [4.69, 9.17) is 9.47 Å². The Kier molecular flexibility index (Phi) is 6.45. The lowest BCUT2D eigenvalue weighted by molar-refractivity contribution is 0.100. The summed E-state index contributed by atoms with van der Waals surface area (Å²) in [5.41, 5.74) is 1.32. The maximum Gasteiger partial charge on any atom is 0.286 e. The first-order chi connectivity index (χ1) is 14.4. The molecule has 2 aromatic heterocycles. The molecule has 152 valence electrons. The van der Waals surface area contributed by atoms with Crippen LogP contribution >= 0.6 is 0 Å². The quantitative estimate of drug-likeness (QED) is 0.601. The van der Waals surface area contributed by atoms with Crippen molar-refractivity contribution < 1.29 is 18.5 Å². The van der Waals surface area contributed by atoms with Crippen LogP contribution in [0.5, 0.6) is 11.5 Å². The van der Waals surface area contributed by atoms with Gasteiger partial charge in [0.15, 0.2) is 11.5 Å². The Bertz CT molecular complexity index is 1250. The molecule has 0 fully saturated rings. The smallest absolute Gasteiger partial charge is 0.286 e. The molecule has 8 heteroatoms. The minimum absolute atomic E-state index is 0.192. The molecule has 1 atom stereocenters. The van der Waals surface area contributed by atoms with Gasteiger partial charge in [-0.2, -0.15) is 4.36 Å². The van der Waals surface area contributed by atoms with Crippen molar-refractivity contribution in [3.8, 4) is 23.3 Å². The lowest BCUT2D eigenvalue weighted by Gasteiger charge is -2.10. The first kappa shape index (κ1) is 21.0. The van der Waals surface area contributed by atoms with Crippen LogP contribution in [0.25, 0.3) is 0 Å². The predicted molar refractivity (Wildman–Crippen MR) is 113 cm³/mol. The monoisotopic (exact) mass is 421 g/mol. The van der Waals surface area contributed by atoms with Crippen LogP contribution in [0.1, 0.15) is 21.6 Å². The number of pyridine rings is 2. The fraction of sp³-hybridized carbons (Fsp3) is 0.136. The van der Waals surface area contributed by atoms with Crippen LogP contribution < -0.4 is 9.47 Å². The molecule has 0 aliphatic rings. The Morgan fingerprint density at radius 3 is 2.53 bits per heavy atom. The third-order valence-corrected chi connectivity index (χ3v) is 5.68. The molecule has 0 bridgehead atoms. The van der Waals surface area contributed by atoms with E-state index in [-0.39, 0.29) is 5.56 Å². The van der Waals surface area contributed by atoms with Crippen LogP contribution in [-0.4, -0.2) is 40.6 Å². The second-order valence-corrected chi connectivity index (χ2v) is 8.40. The fourth-order valence-electron chi connectivity index (χ4n) is 2.51. The number of carbonyl (C=O) groups is 1. The Hall–Kier alpha value is -3.70. The van der Waals surface area contributed by atoms with Crippen molar-refractivity contribution >= 4 is 15.6 Å². The van der Waals surface area contributed by atoms with Gasteiger partial charge in [-0.25, -0.2) is 9.19 Å². The molecule has 1 amide bonds. The number of benzene rings is 1. The van der Waals surface area contributed by atoms with Gasteiger partial charge in [-0.3, -0.25) is 9.78 Å². The summed E-state index contributed by atoms with van der Waals surface area (Å²) in [5, 5.41) is 0. The van der Waals surface area contributed by atoms with Crippen LogP contribution in [0, 0.1) is 11.8 Å². The summed E-state index contributed by atoms with van der Waals surface area (Å²) in [6.45, 7) is 0. The van der Waals surface area contributed by atoms with Crippen molar-refractivity contribution in [2.24, 2.45) is 4.36 Å². The Morgan fingerprint density at radius 1 is 1.03 bits per heavy atom. The van der Waals surface area contributed by atoms with Crippen molar-refractivity contribution in [1.82, 2.24) is 9.97 Å². The highest BCUT2D eigenvalue weighted by Gasteiger charge is 2.15. The van der Waals surface area contributed by atoms with Gasteiger partial charge in [0.2, 0.25) is 0 Å². The molecule has 0 saturated heterocycles. The molecule has 30 heavy (non-hydrogen) atoms. The van der Waals surface area contributed by atoms with Crippen LogP contribution in [0.2, 0.25) is 0 Å². The standard InChI is InChI=1S/C22H19N3O4S/c1-28-20-10-9-19(13-21(20)29-2)30(3,27)25-22(26)17-12-16(14-23-15-17)7-8-18-6-4-5-11-24-18/h4-6,9-15H,1-3H3. The normalized spacial score (nSPS) is 12.1. The maximum absolute atomic E-state index is 13.1. The molecular weight excluding hydrogens is 402 g/mol. The molecule has 7 nitrogen and oxygen atoms in total. The summed E-state index contributed by atoms with van der Waals surface area (Å²) in [6.07, 6.45) is 5.93. The van der Waals surface area contributed by atoms with Gasteiger partial charge in [-0.1, -0.05) is 12.0 Å². The number of hydrogen-bond acceptors (Lipinski definition) is 6. The minimum Gasteiger partial charge on any atom is -0.493 e. The molecule has 0 aliphatic carbocycles. The molecule has 1 unspecified atom stereocenters. The van der Waals surface area contributed by atoms with Crippen molar-refractivity contribution in [2.45, 2.75) is 4.90 Å². The summed E-state index contributed by atoms with van der Waals surface area (Å²) in [6, 6.07) is 11.7. The number of rotatable bonds is 4. The molecule has 3 aromatic rings. The van der Waals surface area contributed by atoms with E-state index in [0.717, 1.165) is 0 Å². The average Bonchev–Trinajstić information content (AvgIpc) is 2.77. The van der Waals surface area contributed by atoms with Gasteiger partial charge in [0.05, 0.1) is 34.4 Å². The van der Waals surface area contributed by atoms with E-state index in [2.05, 4.69) is 26.2 Å². The summed E-state index contributed by atoms with van der Waals surface area (Å²) < 4.78 is 27.4. The van der Waals surface area contributed by atoms with Crippen molar-refractivity contribution in [3.63, 3.8) is 0 Å². The number of amides is 1. The highest BCUT2D eigenvalue weighted by atomic mass is 32.2. The van der Waals surface area contributed by atoms with Crippen molar-refractivity contribution in [3.05, 3.63) is 77.9 Å². The summed E-state index contributed by atoms with van der Waals surface area (Å²) in [7, 11) is -0.0351. The van der Waals surface area contributed by atoms with Crippen LogP contribution in [0.4, 0.5) is 0 Å². The van der Waals surface area contributed by atoms with Crippen molar-refractivity contribution in [2.75, 3.05) is 20.5 Å². The predicted octanol–water partition coefficient (Wildman–Crippen LogP) is 3.19. The van der Waals surface area contributed by atoms with Gasteiger partial charge in [-0.15, -0.1) is 0 Å². The van der Waals surface area contributed by atoms with E-state index in [1.54, 1.807) is 42.6 Å². The highest BCUT2D eigenvalue weighted by Crippen LogP contribution is 2.30. The Balaban J connectivity index is 1.90. The second-order valence-electron chi connectivity index (χ2n) is 6.14. The number of ether oxygens (including phenoxy) is 2. The van der Waals surface area contributed by atoms with Gasteiger partial charge in [0, 0.05) is 36.5 Å². The number of carbonyl (C=O) groups excluding carboxylic acids is 1. The van der Waals surface area contributed by atoms with Crippen LogP contribution in [-0.2, 0) is 9.73 Å². The lowest BCUT2D eigenvalue weighted by Crippen LogP contribution is -2.05. The van der Waals surface area contributed by atoms with E-state index in [0.29, 0.717) is 27.7 Å². The summed E-state index contributed by atoms with van der Waals surface area (Å²) in [5.74, 6) is 6.06. The largest absolute Gasteiger partial charge is 0.493 e. The molecule has 3 rings (SSSR count). The first-order valence-corrected chi connectivity index (χ1v) is 10.7. The molecule has 0 aliphatic heterocycles. The Labute approximate surface area is 175 Å². The van der Waals surface area contributed by atoms with E-state index >= 15 is 0 Å². The third-order valence-electron chi connectivity index (χ3n) is 4.03. The maximum atomic E-state index is 13.1. The molecule has 0 radical (unpaired) electrons. The molecule has 2 heterocycles. The second kappa shape index (κ2) is 9.20. The minimum atomic E-state index is -3.02. The Morgan fingerprint density at radius 2 is 1.83 bits per heavy atom. The SMILES string of the molecule is COc1ccc(S(C)(=O)=NC(=O)c2cncc(C#Cc3ccccn3)c2)cc1OC. The van der Waals surface area contributed by atoms with Gasteiger partial charge in [-0.05, 0) is 36.3 Å². The van der Waals surface area contributed by atoms with Gasteiger partial charge in [0.1, 0.15) is 5.69 Å². The van der Waals surface area contributed by atoms with E-state index < -0.39 is 15.6 Å².